The maximum absolute atomic E-state index is 13.4. The average molecular weight is 560 g/mol. The number of sulfonamides is 1. The molecule has 17 heteroatoms. The first kappa shape index (κ1) is 25.9. The minimum Gasteiger partial charge on any atom is -0.355 e. The van der Waals surface area contributed by atoms with Crippen LogP contribution in [-0.2, 0) is 10.0 Å². The topological polar surface area (TPSA) is 154 Å². The molecule has 2 aromatic rings. The van der Waals surface area contributed by atoms with Crippen molar-refractivity contribution >= 4 is 55.2 Å². The number of hydrogen-bond acceptors (Lipinski definition) is 9. The van der Waals surface area contributed by atoms with Gasteiger partial charge in [-0.25, -0.2) is 36.2 Å². The van der Waals surface area contributed by atoms with Crippen molar-refractivity contribution in [3.05, 3.63) is 34.2 Å². The molecule has 0 fully saturated rings. The number of nitrogens with one attached hydrogen (secondary N) is 3. The quantitative estimate of drug-likeness (QED) is 0.118. The molecule has 0 aliphatic rings. The summed E-state index contributed by atoms with van der Waals surface area (Å²) < 4.78 is 67.6. The first-order valence-electron chi connectivity index (χ1n) is 8.53. The van der Waals surface area contributed by atoms with E-state index in [1.165, 1.54) is 18.2 Å². The second kappa shape index (κ2) is 12.0. The van der Waals surface area contributed by atoms with Gasteiger partial charge in [0.25, 0.3) is 6.43 Å². The van der Waals surface area contributed by atoms with Crippen molar-refractivity contribution in [3.8, 4) is 0 Å². The zero-order valence-electron chi connectivity index (χ0n) is 16.2. The summed E-state index contributed by atoms with van der Waals surface area (Å²) in [5.74, 6) is -0.691. The van der Waals surface area contributed by atoms with Gasteiger partial charge in [-0.3, -0.25) is 15.4 Å². The molecule has 176 valence electrons. The van der Waals surface area contributed by atoms with E-state index in [-0.39, 0.29) is 39.3 Å². The number of aromatic nitrogens is 2. The Bertz CT molecular complexity index is 1080. The van der Waals surface area contributed by atoms with Crippen molar-refractivity contribution in [2.45, 2.75) is 11.5 Å². The minimum absolute atomic E-state index is 0.0544. The molecule has 0 spiro atoms. The van der Waals surface area contributed by atoms with E-state index < -0.39 is 28.8 Å². The summed E-state index contributed by atoms with van der Waals surface area (Å²) in [5.41, 5.74) is 2.22. The van der Waals surface area contributed by atoms with Crippen molar-refractivity contribution in [3.63, 3.8) is 0 Å². The molecular formula is C15H17BrF3N7O4S2. The number of alkyl halides is 2. The number of rotatable bonds is 9. The summed E-state index contributed by atoms with van der Waals surface area (Å²) in [6.45, 7) is -0.775. The Morgan fingerprint density at radius 2 is 2.12 bits per heavy atom. The van der Waals surface area contributed by atoms with Crippen LogP contribution in [0.15, 0.2) is 42.3 Å². The van der Waals surface area contributed by atoms with Crippen molar-refractivity contribution in [1.82, 2.24) is 25.8 Å². The third-order valence-electron chi connectivity index (χ3n) is 3.24. The van der Waals surface area contributed by atoms with Crippen molar-refractivity contribution < 1.29 is 31.4 Å². The zero-order chi connectivity index (χ0) is 23.7. The molecule has 0 bridgehead atoms. The van der Waals surface area contributed by atoms with Gasteiger partial charge >= 0.3 is 0 Å². The Kier molecular flexibility index (Phi) is 9.73. The molecule has 1 aromatic heterocycles. The fraction of sp³-hybridized carbons (Fsp3) is 0.333. The van der Waals surface area contributed by atoms with E-state index in [1.54, 1.807) is 0 Å². The van der Waals surface area contributed by atoms with Crippen LogP contribution in [0, 0.1) is 5.82 Å². The second-order valence-corrected chi connectivity index (χ2v) is 9.50. The lowest BCUT2D eigenvalue weighted by Gasteiger charge is -2.10. The molecule has 32 heavy (non-hydrogen) atoms. The number of halogens is 4. The highest BCUT2D eigenvalue weighted by atomic mass is 79.9. The lowest BCUT2D eigenvalue weighted by molar-refractivity contribution is 0.158. The molecule has 2 rings (SSSR count). The van der Waals surface area contributed by atoms with E-state index in [2.05, 4.69) is 46.2 Å². The molecule has 1 aromatic carbocycles. The number of nitrogens with zero attached hydrogens (tertiary/aromatic N) is 4. The standard InChI is InChI=1S/C15H17BrF3N7O4S2/c1-32(28,29)26-15(21-7-11(18)19)20-4-5-31-14-12(24-30-25-14)13(23-27)22-8-2-3-10(17)9(16)6-8/h2-3,6,11,27H,4-5,7H2,1H3,(H,22,23)(H2,20,21,26). The van der Waals surface area contributed by atoms with Crippen LogP contribution in [0.25, 0.3) is 0 Å². The number of benzene rings is 1. The number of hydroxylamine groups is 1. The number of aliphatic imine (C=N–C) groups is 2. The van der Waals surface area contributed by atoms with E-state index in [0.29, 0.717) is 5.69 Å². The predicted molar refractivity (Wildman–Crippen MR) is 115 cm³/mol. The summed E-state index contributed by atoms with van der Waals surface area (Å²) in [4.78, 5) is 7.60. The van der Waals surface area contributed by atoms with Crippen LogP contribution in [0.3, 0.4) is 0 Å². The van der Waals surface area contributed by atoms with Crippen molar-refractivity contribution in [1.29, 1.82) is 0 Å². The van der Waals surface area contributed by atoms with Gasteiger partial charge in [0.15, 0.2) is 16.6 Å². The molecule has 0 radical (unpaired) electrons. The Balaban J connectivity index is 2.04. The van der Waals surface area contributed by atoms with Gasteiger partial charge in [0, 0.05) is 12.3 Å². The van der Waals surface area contributed by atoms with Gasteiger partial charge in [0.1, 0.15) is 12.4 Å². The minimum atomic E-state index is -3.72. The maximum Gasteiger partial charge on any atom is 0.257 e. The third-order valence-corrected chi connectivity index (χ3v) is 5.36. The number of thioether (sulfide) groups is 1. The van der Waals surface area contributed by atoms with E-state index in [1.807, 2.05) is 10.2 Å². The number of amidine groups is 1. The SMILES string of the molecule is CS(=O)(=O)NC(=NCC(F)F)NCCSc1nonc1C(=Nc1ccc(F)c(Br)c1)NO. The largest absolute Gasteiger partial charge is 0.355 e. The average Bonchev–Trinajstić information content (AvgIpc) is 3.17. The highest BCUT2D eigenvalue weighted by molar-refractivity contribution is 9.10. The lowest BCUT2D eigenvalue weighted by atomic mass is 10.3. The van der Waals surface area contributed by atoms with Crippen LogP contribution < -0.4 is 15.5 Å². The summed E-state index contributed by atoms with van der Waals surface area (Å²) >= 11 is 4.12. The predicted octanol–water partition coefficient (Wildman–Crippen LogP) is 1.88. The van der Waals surface area contributed by atoms with Gasteiger partial charge in [-0.05, 0) is 44.4 Å². The molecule has 0 saturated heterocycles. The van der Waals surface area contributed by atoms with E-state index in [9.17, 15) is 26.8 Å². The fourth-order valence-electron chi connectivity index (χ4n) is 2.01. The van der Waals surface area contributed by atoms with Crippen molar-refractivity contribution in [2.75, 3.05) is 25.1 Å². The van der Waals surface area contributed by atoms with E-state index in [0.717, 1.165) is 18.0 Å². The van der Waals surface area contributed by atoms with Crippen LogP contribution in [0.4, 0.5) is 18.9 Å². The molecule has 0 aliphatic heterocycles. The smallest absolute Gasteiger partial charge is 0.257 e. The molecular weight excluding hydrogens is 543 g/mol. The summed E-state index contributed by atoms with van der Waals surface area (Å²) in [5, 5.41) is 19.6. The van der Waals surface area contributed by atoms with Crippen LogP contribution in [0.5, 0.6) is 0 Å². The molecule has 11 nitrogen and oxygen atoms in total. The normalized spacial score (nSPS) is 12.8. The first-order chi connectivity index (χ1) is 15.1. The van der Waals surface area contributed by atoms with Gasteiger partial charge in [-0.1, -0.05) is 11.8 Å². The van der Waals surface area contributed by atoms with Crippen LogP contribution >= 0.6 is 27.7 Å². The van der Waals surface area contributed by atoms with E-state index in [4.69, 9.17) is 0 Å². The lowest BCUT2D eigenvalue weighted by Crippen LogP contribution is -2.41. The highest BCUT2D eigenvalue weighted by Crippen LogP contribution is 2.24. The fourth-order valence-corrected chi connectivity index (χ4v) is 3.62. The van der Waals surface area contributed by atoms with Crippen LogP contribution in [0.1, 0.15) is 5.69 Å². The summed E-state index contributed by atoms with van der Waals surface area (Å²) in [6.07, 6.45) is -1.88. The first-order valence-corrected chi connectivity index (χ1v) is 12.2. The van der Waals surface area contributed by atoms with Gasteiger partial charge in [-0.2, -0.15) is 0 Å². The molecule has 0 saturated carbocycles. The van der Waals surface area contributed by atoms with Gasteiger partial charge < -0.3 is 5.32 Å². The number of hydrogen-bond donors (Lipinski definition) is 4. The highest BCUT2D eigenvalue weighted by Gasteiger charge is 2.17. The van der Waals surface area contributed by atoms with Crippen molar-refractivity contribution in [2.24, 2.45) is 9.98 Å². The second-order valence-electron chi connectivity index (χ2n) is 5.82. The molecule has 0 amide bonds. The Morgan fingerprint density at radius 3 is 2.75 bits per heavy atom. The molecule has 0 atom stereocenters. The van der Waals surface area contributed by atoms with Gasteiger partial charge in [0.05, 0.1) is 16.4 Å². The van der Waals surface area contributed by atoms with Gasteiger partial charge in [0.2, 0.25) is 16.0 Å². The monoisotopic (exact) mass is 559 g/mol. The summed E-state index contributed by atoms with van der Waals surface area (Å²) in [6, 6.07) is 3.93. The molecule has 1 heterocycles. The molecule has 4 N–H and O–H groups in total. The Hall–Kier alpha value is -2.37. The van der Waals surface area contributed by atoms with E-state index >= 15 is 0 Å². The Labute approximate surface area is 193 Å². The van der Waals surface area contributed by atoms with Gasteiger partial charge in [-0.15, -0.1) is 0 Å². The third kappa shape index (κ3) is 8.64. The number of guanidine groups is 1. The summed E-state index contributed by atoms with van der Waals surface area (Å²) in [7, 11) is -3.72. The van der Waals surface area contributed by atoms with Crippen LogP contribution in [-0.4, -0.2) is 67.3 Å². The molecule has 0 aliphatic carbocycles. The zero-order valence-corrected chi connectivity index (χ0v) is 19.4. The maximum atomic E-state index is 13.4. The molecule has 0 unspecified atom stereocenters. The Morgan fingerprint density at radius 1 is 1.38 bits per heavy atom. The van der Waals surface area contributed by atoms with Crippen LogP contribution in [0.2, 0.25) is 0 Å².